The van der Waals surface area contributed by atoms with Crippen molar-refractivity contribution in [3.63, 3.8) is 0 Å². The largest absolute Gasteiger partial charge is 0.392 e. The predicted octanol–water partition coefficient (Wildman–Crippen LogP) is 2.27. The maximum atomic E-state index is 11.4. The molecule has 0 bridgehead atoms. The summed E-state index contributed by atoms with van der Waals surface area (Å²) < 4.78 is 34.3. The first-order chi connectivity index (χ1) is 5.95. The third-order valence-corrected chi connectivity index (χ3v) is 0.865. The highest BCUT2D eigenvalue weighted by atomic mass is 19.4. The first kappa shape index (κ1) is 14.5. The topological polar surface area (TPSA) is 29.1 Å². The summed E-state index contributed by atoms with van der Waals surface area (Å²) in [5.74, 6) is -0.533. The molecule has 13 heavy (non-hydrogen) atoms. The minimum atomic E-state index is -4.23. The van der Waals surface area contributed by atoms with Crippen LogP contribution in [0.15, 0.2) is 12.2 Å². The third-order valence-electron chi connectivity index (χ3n) is 0.865. The van der Waals surface area contributed by atoms with Gasteiger partial charge >= 0.3 is 6.18 Å². The standard InChI is InChI=1S/C6H8F3NO.C2H6/c1-10-5(11)3-2-4-6(7,8)9;1-2/h2-3H,4H2,1H3,(H,10,11);1-2H3/b3-2+;. The number of carbonyl (C=O) groups is 1. The number of rotatable bonds is 2. The number of allylic oxidation sites excluding steroid dienone is 1. The van der Waals surface area contributed by atoms with Crippen LogP contribution in [0.25, 0.3) is 0 Å². The number of alkyl halides is 3. The van der Waals surface area contributed by atoms with Crippen LogP contribution in [0.2, 0.25) is 0 Å². The van der Waals surface area contributed by atoms with E-state index in [0.717, 1.165) is 12.2 Å². The van der Waals surface area contributed by atoms with Gasteiger partial charge in [-0.25, -0.2) is 0 Å². The first-order valence-corrected chi connectivity index (χ1v) is 3.90. The number of halogens is 3. The van der Waals surface area contributed by atoms with E-state index in [1.807, 2.05) is 13.8 Å². The first-order valence-electron chi connectivity index (χ1n) is 3.90. The van der Waals surface area contributed by atoms with E-state index in [0.29, 0.717) is 0 Å². The molecule has 5 heteroatoms. The molecular formula is C8H14F3NO. The fourth-order valence-electron chi connectivity index (χ4n) is 0.383. The van der Waals surface area contributed by atoms with Crippen LogP contribution < -0.4 is 5.32 Å². The Kier molecular flexibility index (Phi) is 8.53. The van der Waals surface area contributed by atoms with Crippen molar-refractivity contribution in [3.05, 3.63) is 12.2 Å². The van der Waals surface area contributed by atoms with Crippen LogP contribution in [0, 0.1) is 0 Å². The normalized spacial score (nSPS) is 10.6. The Labute approximate surface area is 75.8 Å². The van der Waals surface area contributed by atoms with Crippen LogP contribution in [0.5, 0.6) is 0 Å². The summed E-state index contributed by atoms with van der Waals surface area (Å²) >= 11 is 0. The molecule has 0 spiro atoms. The van der Waals surface area contributed by atoms with Gasteiger partial charge in [-0.1, -0.05) is 19.9 Å². The van der Waals surface area contributed by atoms with Gasteiger partial charge in [-0.2, -0.15) is 13.2 Å². The summed E-state index contributed by atoms with van der Waals surface area (Å²) in [6.45, 7) is 4.00. The molecule has 0 aromatic heterocycles. The molecule has 0 fully saturated rings. The fourth-order valence-corrected chi connectivity index (χ4v) is 0.383. The smallest absolute Gasteiger partial charge is 0.356 e. The predicted molar refractivity (Wildman–Crippen MR) is 45.2 cm³/mol. The van der Waals surface area contributed by atoms with Crippen LogP contribution in [-0.2, 0) is 4.79 Å². The molecule has 1 amide bonds. The second kappa shape index (κ2) is 7.64. The molecule has 0 saturated heterocycles. The second-order valence-electron chi connectivity index (χ2n) is 1.84. The second-order valence-corrected chi connectivity index (χ2v) is 1.84. The van der Waals surface area contributed by atoms with Gasteiger partial charge < -0.3 is 5.32 Å². The number of hydrogen-bond donors (Lipinski definition) is 1. The monoisotopic (exact) mass is 197 g/mol. The molecule has 0 aromatic carbocycles. The summed E-state index contributed by atoms with van der Waals surface area (Å²) in [4.78, 5) is 10.3. The molecule has 0 heterocycles. The molecule has 2 nitrogen and oxygen atoms in total. The van der Waals surface area contributed by atoms with E-state index >= 15 is 0 Å². The van der Waals surface area contributed by atoms with Gasteiger partial charge in [0.2, 0.25) is 5.91 Å². The summed E-state index contributed by atoms with van der Waals surface area (Å²) in [6, 6.07) is 0. The van der Waals surface area contributed by atoms with Crippen molar-refractivity contribution in [1.29, 1.82) is 0 Å². The lowest BCUT2D eigenvalue weighted by Crippen LogP contribution is -2.14. The Bertz CT molecular complexity index is 163. The molecule has 0 aliphatic heterocycles. The lowest BCUT2D eigenvalue weighted by atomic mass is 10.3. The zero-order valence-corrected chi connectivity index (χ0v) is 7.90. The highest BCUT2D eigenvalue weighted by molar-refractivity contribution is 5.87. The zero-order valence-electron chi connectivity index (χ0n) is 7.90. The zero-order chi connectivity index (χ0) is 10.9. The number of amides is 1. The van der Waals surface area contributed by atoms with Gasteiger partial charge in [0.05, 0.1) is 6.42 Å². The Morgan fingerprint density at radius 2 is 1.85 bits per heavy atom. The average molecular weight is 197 g/mol. The molecule has 0 saturated carbocycles. The summed E-state index contributed by atoms with van der Waals surface area (Å²) in [6.07, 6.45) is -3.67. The van der Waals surface area contributed by atoms with Crippen LogP contribution in [-0.4, -0.2) is 19.1 Å². The third kappa shape index (κ3) is 13.9. The minimum Gasteiger partial charge on any atom is -0.356 e. The highest BCUT2D eigenvalue weighted by Crippen LogP contribution is 2.19. The molecule has 0 atom stereocenters. The summed E-state index contributed by atoms with van der Waals surface area (Å²) in [5, 5.41) is 2.16. The van der Waals surface area contributed by atoms with Crippen LogP contribution in [0.3, 0.4) is 0 Å². The van der Waals surface area contributed by atoms with Crippen molar-refractivity contribution in [2.75, 3.05) is 7.05 Å². The van der Waals surface area contributed by atoms with Crippen molar-refractivity contribution in [3.8, 4) is 0 Å². The molecule has 78 valence electrons. The molecule has 0 rings (SSSR count). The lowest BCUT2D eigenvalue weighted by Gasteiger charge is -1.99. The van der Waals surface area contributed by atoms with Gasteiger partial charge in [0.25, 0.3) is 0 Å². The fraction of sp³-hybridized carbons (Fsp3) is 0.625. The molecule has 0 aliphatic carbocycles. The average Bonchev–Trinajstić information content (AvgIpc) is 2.05. The lowest BCUT2D eigenvalue weighted by molar-refractivity contribution is -0.125. The van der Waals surface area contributed by atoms with Crippen molar-refractivity contribution in [2.24, 2.45) is 0 Å². The number of nitrogens with one attached hydrogen (secondary N) is 1. The molecule has 0 unspecified atom stereocenters. The Hall–Kier alpha value is -1.00. The number of likely N-dealkylation sites (N-methyl/N-ethyl adjacent to an activating group) is 1. The summed E-state index contributed by atoms with van der Waals surface area (Å²) in [7, 11) is 1.35. The van der Waals surface area contributed by atoms with Crippen LogP contribution in [0.4, 0.5) is 13.2 Å². The summed E-state index contributed by atoms with van der Waals surface area (Å²) in [5.41, 5.74) is 0. The molecule has 0 radical (unpaired) electrons. The van der Waals surface area contributed by atoms with Gasteiger partial charge in [0, 0.05) is 7.05 Å². The number of hydrogen-bond acceptors (Lipinski definition) is 1. The highest BCUT2D eigenvalue weighted by Gasteiger charge is 2.24. The molecule has 0 aromatic rings. The molecule has 0 aliphatic rings. The van der Waals surface area contributed by atoms with E-state index in [1.165, 1.54) is 7.05 Å². The van der Waals surface area contributed by atoms with E-state index < -0.39 is 18.5 Å². The Morgan fingerprint density at radius 3 is 2.15 bits per heavy atom. The Balaban J connectivity index is 0. The van der Waals surface area contributed by atoms with Crippen molar-refractivity contribution < 1.29 is 18.0 Å². The number of carbonyl (C=O) groups excluding carboxylic acids is 1. The van der Waals surface area contributed by atoms with E-state index in [9.17, 15) is 18.0 Å². The van der Waals surface area contributed by atoms with Gasteiger partial charge in [-0.05, 0) is 6.08 Å². The van der Waals surface area contributed by atoms with E-state index in [4.69, 9.17) is 0 Å². The van der Waals surface area contributed by atoms with Crippen molar-refractivity contribution in [2.45, 2.75) is 26.4 Å². The van der Waals surface area contributed by atoms with Gasteiger partial charge in [-0.3, -0.25) is 4.79 Å². The Morgan fingerprint density at radius 1 is 1.38 bits per heavy atom. The van der Waals surface area contributed by atoms with Crippen molar-refractivity contribution >= 4 is 5.91 Å². The van der Waals surface area contributed by atoms with Gasteiger partial charge in [0.1, 0.15) is 0 Å². The van der Waals surface area contributed by atoms with Gasteiger partial charge in [0.15, 0.2) is 0 Å². The van der Waals surface area contributed by atoms with Crippen LogP contribution in [0.1, 0.15) is 20.3 Å². The van der Waals surface area contributed by atoms with Gasteiger partial charge in [-0.15, -0.1) is 0 Å². The van der Waals surface area contributed by atoms with Crippen molar-refractivity contribution in [1.82, 2.24) is 5.32 Å². The maximum absolute atomic E-state index is 11.4. The van der Waals surface area contributed by atoms with E-state index in [2.05, 4.69) is 5.32 Å². The van der Waals surface area contributed by atoms with E-state index in [-0.39, 0.29) is 0 Å². The van der Waals surface area contributed by atoms with E-state index in [1.54, 1.807) is 0 Å². The molecule has 1 N–H and O–H groups in total. The van der Waals surface area contributed by atoms with Crippen LogP contribution >= 0.6 is 0 Å². The minimum absolute atomic E-state index is 0.533. The molecular weight excluding hydrogens is 183 g/mol. The SMILES string of the molecule is CC.CNC(=O)/C=C/CC(F)(F)F. The maximum Gasteiger partial charge on any atom is 0.392 e. The quantitative estimate of drug-likeness (QED) is 0.676.